The van der Waals surface area contributed by atoms with Gasteiger partial charge in [-0.1, -0.05) is 24.3 Å². The summed E-state index contributed by atoms with van der Waals surface area (Å²) in [6.07, 6.45) is 0. The Morgan fingerprint density at radius 1 is 1.33 bits per heavy atom. The van der Waals surface area contributed by atoms with E-state index >= 15 is 0 Å². The van der Waals surface area contributed by atoms with Gasteiger partial charge in [0.25, 0.3) is 0 Å². The Kier molecular flexibility index (Phi) is 2.90. The molecule has 1 aromatic heterocycles. The highest BCUT2D eigenvalue weighted by Crippen LogP contribution is 2.35. The Morgan fingerprint density at radius 3 is 2.67 bits per heavy atom. The van der Waals surface area contributed by atoms with Gasteiger partial charge in [-0.2, -0.15) is 5.26 Å². The van der Waals surface area contributed by atoms with Gasteiger partial charge in [0.05, 0.1) is 0 Å². The maximum atomic E-state index is 8.88. The standard InChI is InChI=1S/C12H8BrNS/c1-8-4-2-3-5-9(8)11-6-10(13)12(7-14)15-11/h2-6H,1H3. The third-order valence-corrected chi connectivity index (χ3v) is 4.16. The fourth-order valence-electron chi connectivity index (χ4n) is 1.43. The van der Waals surface area contributed by atoms with E-state index in [2.05, 4.69) is 41.1 Å². The molecule has 0 aliphatic rings. The van der Waals surface area contributed by atoms with Crippen LogP contribution in [0.25, 0.3) is 10.4 Å². The molecule has 0 bridgehead atoms. The first-order valence-corrected chi connectivity index (χ1v) is 6.09. The molecule has 0 saturated carbocycles. The van der Waals surface area contributed by atoms with Gasteiger partial charge in [0, 0.05) is 9.35 Å². The molecule has 2 rings (SSSR count). The predicted molar refractivity (Wildman–Crippen MR) is 66.9 cm³/mol. The smallest absolute Gasteiger partial charge is 0.119 e. The van der Waals surface area contributed by atoms with Crippen LogP contribution in [0.3, 0.4) is 0 Å². The molecule has 2 aromatic rings. The van der Waals surface area contributed by atoms with Crippen LogP contribution in [0.5, 0.6) is 0 Å². The summed E-state index contributed by atoms with van der Waals surface area (Å²) < 4.78 is 0.883. The van der Waals surface area contributed by atoms with Gasteiger partial charge in [-0.3, -0.25) is 0 Å². The van der Waals surface area contributed by atoms with Crippen molar-refractivity contribution < 1.29 is 0 Å². The number of thiophene rings is 1. The molecule has 0 aliphatic heterocycles. The summed E-state index contributed by atoms with van der Waals surface area (Å²) in [6.45, 7) is 2.08. The van der Waals surface area contributed by atoms with Gasteiger partial charge in [-0.15, -0.1) is 11.3 Å². The molecule has 0 atom stereocenters. The first-order valence-electron chi connectivity index (χ1n) is 4.48. The Balaban J connectivity index is 2.56. The maximum absolute atomic E-state index is 8.88. The third-order valence-electron chi connectivity index (χ3n) is 2.20. The lowest BCUT2D eigenvalue weighted by molar-refractivity contribution is 1.48. The Bertz CT molecular complexity index is 537. The van der Waals surface area contributed by atoms with Crippen molar-refractivity contribution in [2.24, 2.45) is 0 Å². The van der Waals surface area contributed by atoms with E-state index in [1.165, 1.54) is 22.5 Å². The molecule has 0 aliphatic carbocycles. The zero-order valence-corrected chi connectivity index (χ0v) is 10.5. The summed E-state index contributed by atoms with van der Waals surface area (Å²) in [7, 11) is 0. The molecule has 0 unspecified atom stereocenters. The zero-order valence-electron chi connectivity index (χ0n) is 8.12. The lowest BCUT2D eigenvalue weighted by Crippen LogP contribution is -1.77. The van der Waals surface area contributed by atoms with Crippen LogP contribution in [0.15, 0.2) is 34.8 Å². The second-order valence-corrected chi connectivity index (χ2v) is 5.12. The number of benzene rings is 1. The fourth-order valence-corrected chi connectivity index (χ4v) is 3.08. The van der Waals surface area contributed by atoms with Crippen molar-refractivity contribution >= 4 is 27.3 Å². The fraction of sp³-hybridized carbons (Fsp3) is 0.0833. The van der Waals surface area contributed by atoms with Crippen molar-refractivity contribution in [2.45, 2.75) is 6.92 Å². The molecule has 1 nitrogen and oxygen atoms in total. The summed E-state index contributed by atoms with van der Waals surface area (Å²) in [5.74, 6) is 0. The molecule has 0 radical (unpaired) electrons. The maximum Gasteiger partial charge on any atom is 0.119 e. The van der Waals surface area contributed by atoms with Crippen molar-refractivity contribution in [3.05, 3.63) is 45.2 Å². The number of rotatable bonds is 1. The second kappa shape index (κ2) is 4.18. The van der Waals surface area contributed by atoms with Gasteiger partial charge in [-0.25, -0.2) is 0 Å². The molecule has 3 heteroatoms. The molecule has 0 spiro atoms. The predicted octanol–water partition coefficient (Wildman–Crippen LogP) is 4.36. The van der Waals surface area contributed by atoms with Crippen LogP contribution in [0.4, 0.5) is 0 Å². The first-order chi connectivity index (χ1) is 7.22. The first kappa shape index (κ1) is 10.4. The highest BCUT2D eigenvalue weighted by Gasteiger charge is 2.09. The molecule has 0 fully saturated rings. The molecule has 0 N–H and O–H groups in total. The van der Waals surface area contributed by atoms with E-state index in [-0.39, 0.29) is 0 Å². The molecule has 0 amide bonds. The number of aryl methyl sites for hydroxylation is 1. The Labute approximate surface area is 101 Å². The van der Waals surface area contributed by atoms with Crippen molar-refractivity contribution in [3.8, 4) is 16.5 Å². The third kappa shape index (κ3) is 1.97. The Morgan fingerprint density at radius 2 is 2.07 bits per heavy atom. The molecular weight excluding hydrogens is 270 g/mol. The van der Waals surface area contributed by atoms with Gasteiger partial charge >= 0.3 is 0 Å². The number of hydrogen-bond acceptors (Lipinski definition) is 2. The van der Waals surface area contributed by atoms with Gasteiger partial charge in [0.1, 0.15) is 10.9 Å². The second-order valence-electron chi connectivity index (χ2n) is 3.21. The lowest BCUT2D eigenvalue weighted by atomic mass is 10.1. The summed E-state index contributed by atoms with van der Waals surface area (Å²) in [5.41, 5.74) is 2.43. The van der Waals surface area contributed by atoms with E-state index in [4.69, 9.17) is 5.26 Å². The summed E-state index contributed by atoms with van der Waals surface area (Å²) in [6, 6.07) is 12.4. The number of halogens is 1. The highest BCUT2D eigenvalue weighted by molar-refractivity contribution is 9.10. The topological polar surface area (TPSA) is 23.8 Å². The number of nitrogens with zero attached hydrogens (tertiary/aromatic N) is 1. The molecular formula is C12H8BrNS. The van der Waals surface area contributed by atoms with E-state index in [9.17, 15) is 0 Å². The van der Waals surface area contributed by atoms with Crippen LogP contribution in [0, 0.1) is 18.3 Å². The van der Waals surface area contributed by atoms with Crippen molar-refractivity contribution in [1.29, 1.82) is 5.26 Å². The molecule has 1 heterocycles. The molecule has 74 valence electrons. The minimum Gasteiger partial charge on any atom is -0.191 e. The van der Waals surface area contributed by atoms with E-state index < -0.39 is 0 Å². The van der Waals surface area contributed by atoms with E-state index in [1.807, 2.05) is 18.2 Å². The van der Waals surface area contributed by atoms with Gasteiger partial charge in [-0.05, 0) is 40.0 Å². The minimum absolute atomic E-state index is 0.730. The van der Waals surface area contributed by atoms with Crippen LogP contribution in [-0.2, 0) is 0 Å². The van der Waals surface area contributed by atoms with E-state index in [1.54, 1.807) is 0 Å². The molecule has 0 saturated heterocycles. The SMILES string of the molecule is Cc1ccccc1-c1cc(Br)c(C#N)s1. The average Bonchev–Trinajstić information content (AvgIpc) is 2.60. The summed E-state index contributed by atoms with van der Waals surface area (Å²) in [4.78, 5) is 1.87. The van der Waals surface area contributed by atoms with Gasteiger partial charge < -0.3 is 0 Å². The number of nitriles is 1. The molecule has 1 aromatic carbocycles. The van der Waals surface area contributed by atoms with Crippen molar-refractivity contribution in [3.63, 3.8) is 0 Å². The lowest BCUT2D eigenvalue weighted by Gasteiger charge is -2.00. The normalized spacial score (nSPS) is 9.93. The molecule has 15 heavy (non-hydrogen) atoms. The van der Waals surface area contributed by atoms with E-state index in [0.717, 1.165) is 14.2 Å². The quantitative estimate of drug-likeness (QED) is 0.760. The van der Waals surface area contributed by atoms with Crippen LogP contribution < -0.4 is 0 Å². The largest absolute Gasteiger partial charge is 0.191 e. The number of hydrogen-bond donors (Lipinski definition) is 0. The van der Waals surface area contributed by atoms with Gasteiger partial charge in [0.15, 0.2) is 0 Å². The van der Waals surface area contributed by atoms with Crippen LogP contribution in [0.1, 0.15) is 10.4 Å². The van der Waals surface area contributed by atoms with Crippen LogP contribution >= 0.6 is 27.3 Å². The van der Waals surface area contributed by atoms with Crippen molar-refractivity contribution in [1.82, 2.24) is 0 Å². The zero-order chi connectivity index (χ0) is 10.8. The summed E-state index contributed by atoms with van der Waals surface area (Å²) >= 11 is 4.91. The van der Waals surface area contributed by atoms with Gasteiger partial charge in [0.2, 0.25) is 0 Å². The summed E-state index contributed by atoms with van der Waals surface area (Å²) in [5, 5.41) is 8.88. The van der Waals surface area contributed by atoms with E-state index in [0.29, 0.717) is 0 Å². The average molecular weight is 278 g/mol. The minimum atomic E-state index is 0.730. The van der Waals surface area contributed by atoms with Crippen LogP contribution in [0.2, 0.25) is 0 Å². The Hall–Kier alpha value is -1.11. The van der Waals surface area contributed by atoms with Crippen LogP contribution in [-0.4, -0.2) is 0 Å². The monoisotopic (exact) mass is 277 g/mol. The highest BCUT2D eigenvalue weighted by atomic mass is 79.9. The van der Waals surface area contributed by atoms with Crippen molar-refractivity contribution in [2.75, 3.05) is 0 Å².